The predicted molar refractivity (Wildman–Crippen MR) is 126 cm³/mol. The maximum atomic E-state index is 12.6. The number of hydrazone groups is 1. The van der Waals surface area contributed by atoms with Gasteiger partial charge in [0.15, 0.2) is 0 Å². The summed E-state index contributed by atoms with van der Waals surface area (Å²) in [5, 5.41) is 4.91. The minimum absolute atomic E-state index is 0.359. The molecule has 0 bridgehead atoms. The highest BCUT2D eigenvalue weighted by Crippen LogP contribution is 2.29. The van der Waals surface area contributed by atoms with Gasteiger partial charge in [-0.1, -0.05) is 65.7 Å². The van der Waals surface area contributed by atoms with Crippen molar-refractivity contribution in [3.63, 3.8) is 0 Å². The number of carbonyl (C=O) groups is 1. The molecule has 0 saturated heterocycles. The summed E-state index contributed by atoms with van der Waals surface area (Å²) >= 11 is 12.0. The van der Waals surface area contributed by atoms with Gasteiger partial charge in [-0.05, 0) is 48.0 Å². The molecule has 0 aliphatic rings. The van der Waals surface area contributed by atoms with Gasteiger partial charge in [0.05, 0.1) is 21.8 Å². The number of nitrogens with one attached hydrogen (secondary N) is 1. The zero-order chi connectivity index (χ0) is 22.3. The minimum atomic E-state index is -0.388. The second kappa shape index (κ2) is 10.2. The summed E-state index contributed by atoms with van der Waals surface area (Å²) in [7, 11) is 0. The van der Waals surface area contributed by atoms with Crippen molar-refractivity contribution in [1.82, 2.24) is 5.43 Å². The van der Waals surface area contributed by atoms with Gasteiger partial charge in [-0.3, -0.25) is 4.79 Å². The molecule has 0 radical (unpaired) electrons. The van der Waals surface area contributed by atoms with Crippen molar-refractivity contribution < 1.29 is 13.9 Å². The average molecular weight is 465 g/mol. The second-order valence-electron chi connectivity index (χ2n) is 6.80. The molecular weight excluding hydrogens is 447 g/mol. The lowest BCUT2D eigenvalue weighted by Crippen LogP contribution is -2.18. The van der Waals surface area contributed by atoms with Crippen molar-refractivity contribution in [2.45, 2.75) is 6.61 Å². The zero-order valence-corrected chi connectivity index (χ0v) is 18.3. The van der Waals surface area contributed by atoms with E-state index in [0.717, 1.165) is 11.1 Å². The lowest BCUT2D eigenvalue weighted by atomic mass is 10.2. The van der Waals surface area contributed by atoms with E-state index in [1.54, 1.807) is 42.5 Å². The Morgan fingerprint density at radius 2 is 1.72 bits per heavy atom. The molecule has 32 heavy (non-hydrogen) atoms. The molecule has 0 spiro atoms. The van der Waals surface area contributed by atoms with Crippen LogP contribution in [0.5, 0.6) is 5.75 Å². The topological polar surface area (TPSA) is 63.8 Å². The fourth-order valence-corrected chi connectivity index (χ4v) is 3.26. The lowest BCUT2D eigenvalue weighted by molar-refractivity contribution is 0.0950. The fraction of sp³-hybridized carbons (Fsp3) is 0.0400. The number of hydrogen-bond donors (Lipinski definition) is 1. The van der Waals surface area contributed by atoms with E-state index in [0.29, 0.717) is 39.5 Å². The Morgan fingerprint density at radius 1 is 0.938 bits per heavy atom. The number of amides is 1. The number of rotatable bonds is 7. The lowest BCUT2D eigenvalue weighted by Gasteiger charge is -2.10. The number of halogens is 2. The van der Waals surface area contributed by atoms with E-state index in [2.05, 4.69) is 10.5 Å². The summed E-state index contributed by atoms with van der Waals surface area (Å²) in [4.78, 5) is 12.6. The first kappa shape index (κ1) is 21.7. The first-order valence-corrected chi connectivity index (χ1v) is 10.5. The van der Waals surface area contributed by atoms with E-state index in [4.69, 9.17) is 32.4 Å². The molecule has 1 aromatic heterocycles. The molecule has 1 N–H and O–H groups in total. The first-order chi connectivity index (χ1) is 15.6. The fourth-order valence-electron chi connectivity index (χ4n) is 2.96. The van der Waals surface area contributed by atoms with Gasteiger partial charge in [0.1, 0.15) is 23.9 Å². The molecule has 3 aromatic carbocycles. The van der Waals surface area contributed by atoms with Crippen LogP contribution in [-0.4, -0.2) is 12.1 Å². The minimum Gasteiger partial charge on any atom is -0.488 e. The largest absolute Gasteiger partial charge is 0.488 e. The highest BCUT2D eigenvalue weighted by atomic mass is 35.5. The highest BCUT2D eigenvalue weighted by molar-refractivity contribution is 6.42. The molecule has 4 aromatic rings. The molecule has 160 valence electrons. The molecule has 5 nitrogen and oxygen atoms in total. The third kappa shape index (κ3) is 5.38. The molecular formula is C25H18Cl2N2O3. The Hall–Kier alpha value is -3.54. The van der Waals surface area contributed by atoms with E-state index in [9.17, 15) is 4.79 Å². The van der Waals surface area contributed by atoms with E-state index < -0.39 is 0 Å². The number of ether oxygens (including phenoxy) is 1. The summed E-state index contributed by atoms with van der Waals surface area (Å²) in [5.74, 6) is 1.17. The monoisotopic (exact) mass is 464 g/mol. The van der Waals surface area contributed by atoms with Crippen LogP contribution in [0.1, 0.15) is 21.7 Å². The van der Waals surface area contributed by atoms with Crippen LogP contribution >= 0.6 is 23.2 Å². The summed E-state index contributed by atoms with van der Waals surface area (Å²) in [6.45, 7) is 0.359. The van der Waals surface area contributed by atoms with Crippen molar-refractivity contribution in [1.29, 1.82) is 0 Å². The second-order valence-corrected chi connectivity index (χ2v) is 7.61. The van der Waals surface area contributed by atoms with E-state index in [1.807, 2.05) is 42.5 Å². The number of nitrogens with zero attached hydrogens (tertiary/aromatic N) is 1. The Kier molecular flexibility index (Phi) is 6.90. The van der Waals surface area contributed by atoms with E-state index >= 15 is 0 Å². The third-order valence-electron chi connectivity index (χ3n) is 4.56. The van der Waals surface area contributed by atoms with Crippen molar-refractivity contribution in [3.05, 3.63) is 112 Å². The van der Waals surface area contributed by atoms with E-state index in [-0.39, 0.29) is 5.91 Å². The van der Waals surface area contributed by atoms with Gasteiger partial charge >= 0.3 is 0 Å². The summed E-state index contributed by atoms with van der Waals surface area (Å²) in [5.41, 5.74) is 4.68. The zero-order valence-electron chi connectivity index (χ0n) is 16.8. The van der Waals surface area contributed by atoms with Gasteiger partial charge in [0.25, 0.3) is 5.91 Å². The maximum absolute atomic E-state index is 12.6. The van der Waals surface area contributed by atoms with Gasteiger partial charge in [-0.25, -0.2) is 5.43 Å². The van der Waals surface area contributed by atoms with Crippen LogP contribution in [0.2, 0.25) is 10.0 Å². The van der Waals surface area contributed by atoms with Crippen LogP contribution in [0, 0.1) is 0 Å². The van der Waals surface area contributed by atoms with Gasteiger partial charge in [0.2, 0.25) is 0 Å². The van der Waals surface area contributed by atoms with Crippen LogP contribution < -0.4 is 10.2 Å². The standard InChI is InChI=1S/C25H18Cl2N2O3/c26-21-12-10-18(14-22(21)27)23-13-11-19(32-23)15-28-29-25(30)20-8-4-5-9-24(20)31-16-17-6-2-1-3-7-17/h1-15H,16H2,(H,29,30)/b28-15+. The summed E-state index contributed by atoms with van der Waals surface area (Å²) in [6.07, 6.45) is 1.42. The number of hydrogen-bond acceptors (Lipinski definition) is 4. The molecule has 0 unspecified atom stereocenters. The third-order valence-corrected chi connectivity index (χ3v) is 5.30. The maximum Gasteiger partial charge on any atom is 0.275 e. The average Bonchev–Trinajstić information content (AvgIpc) is 3.29. The Bertz CT molecular complexity index is 1250. The molecule has 0 fully saturated rings. The molecule has 0 atom stereocenters. The molecule has 0 aliphatic heterocycles. The summed E-state index contributed by atoms with van der Waals surface area (Å²) in [6, 6.07) is 25.5. The number of para-hydroxylation sites is 1. The number of carbonyl (C=O) groups excluding carboxylic acids is 1. The smallest absolute Gasteiger partial charge is 0.275 e. The highest BCUT2D eigenvalue weighted by Gasteiger charge is 2.12. The normalized spacial score (nSPS) is 10.9. The Labute approximate surface area is 195 Å². The van der Waals surface area contributed by atoms with Gasteiger partial charge in [-0.15, -0.1) is 0 Å². The van der Waals surface area contributed by atoms with Crippen molar-refractivity contribution in [2.75, 3.05) is 0 Å². The molecule has 7 heteroatoms. The molecule has 1 amide bonds. The van der Waals surface area contributed by atoms with Gasteiger partial charge in [-0.2, -0.15) is 5.10 Å². The van der Waals surface area contributed by atoms with Gasteiger partial charge in [0, 0.05) is 5.56 Å². The summed E-state index contributed by atoms with van der Waals surface area (Å²) < 4.78 is 11.6. The van der Waals surface area contributed by atoms with Crippen LogP contribution in [-0.2, 0) is 6.61 Å². The number of furan rings is 1. The van der Waals surface area contributed by atoms with Crippen molar-refractivity contribution >= 4 is 35.3 Å². The van der Waals surface area contributed by atoms with Crippen molar-refractivity contribution in [2.24, 2.45) is 5.10 Å². The van der Waals surface area contributed by atoms with Gasteiger partial charge < -0.3 is 9.15 Å². The van der Waals surface area contributed by atoms with E-state index in [1.165, 1.54) is 6.21 Å². The SMILES string of the molecule is O=C(N/N=C/c1ccc(-c2ccc(Cl)c(Cl)c2)o1)c1ccccc1OCc1ccccc1. The van der Waals surface area contributed by atoms with Crippen molar-refractivity contribution in [3.8, 4) is 17.1 Å². The molecule has 1 heterocycles. The van der Waals surface area contributed by atoms with Crippen LogP contribution in [0.3, 0.4) is 0 Å². The van der Waals surface area contributed by atoms with Crippen LogP contribution in [0.4, 0.5) is 0 Å². The Morgan fingerprint density at radius 3 is 2.53 bits per heavy atom. The Balaban J connectivity index is 1.40. The molecule has 0 aliphatic carbocycles. The van der Waals surface area contributed by atoms with Crippen LogP contribution in [0.15, 0.2) is 94.4 Å². The predicted octanol–water partition coefficient (Wildman–Crippen LogP) is 6.60. The quantitative estimate of drug-likeness (QED) is 0.247. The molecule has 4 rings (SSSR count). The molecule has 0 saturated carbocycles. The van der Waals surface area contributed by atoms with Crippen LogP contribution in [0.25, 0.3) is 11.3 Å². The number of benzene rings is 3. The first-order valence-electron chi connectivity index (χ1n) is 9.74.